The highest BCUT2D eigenvalue weighted by Gasteiger charge is 2.20. The molecule has 0 amide bonds. The van der Waals surface area contributed by atoms with Crippen molar-refractivity contribution in [3.8, 4) is 5.75 Å². The smallest absolute Gasteiger partial charge is 0.120 e. The fraction of sp³-hybridized carbons (Fsp3) is 0.368. The van der Waals surface area contributed by atoms with Crippen LogP contribution in [0.4, 0.5) is 0 Å². The number of aryl methyl sites for hydroxylation is 1. The van der Waals surface area contributed by atoms with Crippen molar-refractivity contribution in [3.63, 3.8) is 0 Å². The van der Waals surface area contributed by atoms with E-state index < -0.39 is 0 Å². The molecule has 2 aromatic carbocycles. The highest BCUT2D eigenvalue weighted by molar-refractivity contribution is 5.30. The number of ether oxygens (including phenoxy) is 1. The molecule has 0 unspecified atom stereocenters. The Labute approximate surface area is 127 Å². The summed E-state index contributed by atoms with van der Waals surface area (Å²) in [7, 11) is 0. The maximum Gasteiger partial charge on any atom is 0.120 e. The van der Waals surface area contributed by atoms with Crippen LogP contribution in [-0.4, -0.2) is 6.04 Å². The number of nitrogens with one attached hydrogen (secondary N) is 1. The second-order valence-corrected chi connectivity index (χ2v) is 5.71. The van der Waals surface area contributed by atoms with Crippen molar-refractivity contribution < 1.29 is 4.74 Å². The third-order valence-corrected chi connectivity index (χ3v) is 3.98. The van der Waals surface area contributed by atoms with E-state index in [4.69, 9.17) is 4.74 Å². The van der Waals surface area contributed by atoms with Crippen LogP contribution in [0.2, 0.25) is 0 Å². The third kappa shape index (κ3) is 4.08. The van der Waals surface area contributed by atoms with Gasteiger partial charge >= 0.3 is 0 Å². The molecular weight excluding hydrogens is 258 g/mol. The molecule has 0 aliphatic heterocycles. The van der Waals surface area contributed by atoms with Gasteiger partial charge in [-0.1, -0.05) is 43.3 Å². The summed E-state index contributed by atoms with van der Waals surface area (Å²) in [6.07, 6.45) is 3.68. The Bertz CT molecular complexity index is 590. The molecule has 0 radical (unpaired) electrons. The van der Waals surface area contributed by atoms with Crippen molar-refractivity contribution >= 4 is 0 Å². The van der Waals surface area contributed by atoms with Gasteiger partial charge in [0.2, 0.25) is 0 Å². The molecule has 21 heavy (non-hydrogen) atoms. The van der Waals surface area contributed by atoms with Crippen molar-refractivity contribution in [2.24, 2.45) is 0 Å². The number of rotatable bonds is 7. The van der Waals surface area contributed by atoms with Gasteiger partial charge in [0.1, 0.15) is 12.4 Å². The lowest BCUT2D eigenvalue weighted by Gasteiger charge is -2.12. The standard InChI is InChI=1S/C19H23NO/c1-2-15-6-5-9-19(12-15)21-14-17-8-4-3-7-16(17)13-20-18-10-11-18/h3-9,12,18,20H,2,10-11,13-14H2,1H3. The predicted molar refractivity (Wildman–Crippen MR) is 86.5 cm³/mol. The average Bonchev–Trinajstić information content (AvgIpc) is 3.36. The van der Waals surface area contributed by atoms with Crippen LogP contribution >= 0.6 is 0 Å². The predicted octanol–water partition coefficient (Wildman–Crippen LogP) is 4.08. The maximum absolute atomic E-state index is 5.97. The van der Waals surface area contributed by atoms with Crippen LogP contribution in [0.25, 0.3) is 0 Å². The summed E-state index contributed by atoms with van der Waals surface area (Å²) >= 11 is 0. The third-order valence-electron chi connectivity index (χ3n) is 3.98. The SMILES string of the molecule is CCc1cccc(OCc2ccccc2CNC2CC2)c1. The lowest BCUT2D eigenvalue weighted by molar-refractivity contribution is 0.304. The summed E-state index contributed by atoms with van der Waals surface area (Å²) in [5.41, 5.74) is 3.93. The fourth-order valence-corrected chi connectivity index (χ4v) is 2.43. The molecule has 3 rings (SSSR count). The van der Waals surface area contributed by atoms with Crippen molar-refractivity contribution in [2.75, 3.05) is 0 Å². The van der Waals surface area contributed by atoms with Gasteiger partial charge in [-0.05, 0) is 48.1 Å². The lowest BCUT2D eigenvalue weighted by atomic mass is 10.1. The van der Waals surface area contributed by atoms with Gasteiger partial charge in [-0.2, -0.15) is 0 Å². The molecule has 1 saturated carbocycles. The minimum absolute atomic E-state index is 0.635. The second kappa shape index (κ2) is 6.77. The summed E-state index contributed by atoms with van der Waals surface area (Å²) in [5.74, 6) is 0.958. The van der Waals surface area contributed by atoms with Crippen LogP contribution in [0, 0.1) is 0 Å². The van der Waals surface area contributed by atoms with Gasteiger partial charge in [0.15, 0.2) is 0 Å². The maximum atomic E-state index is 5.97. The Morgan fingerprint density at radius 2 is 1.86 bits per heavy atom. The zero-order chi connectivity index (χ0) is 14.5. The van der Waals surface area contributed by atoms with Crippen LogP contribution in [0.1, 0.15) is 36.5 Å². The highest BCUT2D eigenvalue weighted by atomic mass is 16.5. The first-order valence-corrected chi connectivity index (χ1v) is 7.87. The van der Waals surface area contributed by atoms with E-state index in [0.717, 1.165) is 24.8 Å². The average molecular weight is 281 g/mol. The summed E-state index contributed by atoms with van der Waals surface area (Å²) in [6.45, 7) is 3.74. The van der Waals surface area contributed by atoms with Gasteiger partial charge < -0.3 is 10.1 Å². The Balaban J connectivity index is 1.63. The molecule has 0 saturated heterocycles. The molecule has 0 aromatic heterocycles. The van der Waals surface area contributed by atoms with Crippen molar-refractivity contribution in [1.29, 1.82) is 0 Å². The van der Waals surface area contributed by atoms with E-state index in [1.54, 1.807) is 0 Å². The minimum atomic E-state index is 0.635. The first-order valence-electron chi connectivity index (χ1n) is 7.87. The molecule has 2 heteroatoms. The quantitative estimate of drug-likeness (QED) is 0.825. The topological polar surface area (TPSA) is 21.3 Å². The summed E-state index contributed by atoms with van der Waals surface area (Å²) in [5, 5.41) is 3.57. The molecule has 0 bridgehead atoms. The summed E-state index contributed by atoms with van der Waals surface area (Å²) in [6, 6.07) is 17.6. The molecule has 1 fully saturated rings. The van der Waals surface area contributed by atoms with Gasteiger partial charge in [-0.15, -0.1) is 0 Å². The Morgan fingerprint density at radius 3 is 2.62 bits per heavy atom. The number of hydrogen-bond acceptors (Lipinski definition) is 2. The molecule has 0 heterocycles. The van der Waals surface area contributed by atoms with Crippen molar-refractivity contribution in [3.05, 3.63) is 65.2 Å². The molecule has 0 spiro atoms. The van der Waals surface area contributed by atoms with E-state index in [9.17, 15) is 0 Å². The van der Waals surface area contributed by atoms with Crippen LogP contribution in [0.15, 0.2) is 48.5 Å². The van der Waals surface area contributed by atoms with E-state index in [0.29, 0.717) is 6.61 Å². The normalized spacial score (nSPS) is 14.1. The molecule has 1 aliphatic carbocycles. The van der Waals surface area contributed by atoms with Crippen LogP contribution < -0.4 is 10.1 Å². The van der Waals surface area contributed by atoms with E-state index in [1.807, 2.05) is 6.07 Å². The van der Waals surface area contributed by atoms with Gasteiger partial charge in [-0.3, -0.25) is 0 Å². The second-order valence-electron chi connectivity index (χ2n) is 5.71. The van der Waals surface area contributed by atoms with Gasteiger partial charge in [0, 0.05) is 12.6 Å². The molecule has 2 aromatic rings. The first-order chi connectivity index (χ1) is 10.3. The number of benzene rings is 2. The lowest BCUT2D eigenvalue weighted by Crippen LogP contribution is -2.16. The van der Waals surface area contributed by atoms with Crippen molar-refractivity contribution in [1.82, 2.24) is 5.32 Å². The van der Waals surface area contributed by atoms with Gasteiger partial charge in [0.05, 0.1) is 0 Å². The molecular formula is C19H23NO. The Hall–Kier alpha value is -1.80. The summed E-state index contributed by atoms with van der Waals surface area (Å²) < 4.78 is 5.97. The van der Waals surface area contributed by atoms with Gasteiger partial charge in [0.25, 0.3) is 0 Å². The molecule has 110 valence electrons. The zero-order valence-electron chi connectivity index (χ0n) is 12.6. The molecule has 1 N–H and O–H groups in total. The Kier molecular flexibility index (Phi) is 4.56. The van der Waals surface area contributed by atoms with Crippen LogP contribution in [-0.2, 0) is 19.6 Å². The monoisotopic (exact) mass is 281 g/mol. The summed E-state index contributed by atoms with van der Waals surface area (Å²) in [4.78, 5) is 0. The Morgan fingerprint density at radius 1 is 1.05 bits per heavy atom. The number of hydrogen-bond donors (Lipinski definition) is 1. The fourth-order valence-electron chi connectivity index (χ4n) is 2.43. The van der Waals surface area contributed by atoms with Gasteiger partial charge in [-0.25, -0.2) is 0 Å². The first kappa shape index (κ1) is 14.2. The molecule has 0 atom stereocenters. The van der Waals surface area contributed by atoms with Crippen LogP contribution in [0.5, 0.6) is 5.75 Å². The van der Waals surface area contributed by atoms with E-state index >= 15 is 0 Å². The minimum Gasteiger partial charge on any atom is -0.489 e. The van der Waals surface area contributed by atoms with Crippen molar-refractivity contribution in [2.45, 2.75) is 45.4 Å². The largest absolute Gasteiger partial charge is 0.489 e. The highest BCUT2D eigenvalue weighted by Crippen LogP contribution is 2.21. The zero-order valence-corrected chi connectivity index (χ0v) is 12.6. The van der Waals surface area contributed by atoms with E-state index in [-0.39, 0.29) is 0 Å². The van der Waals surface area contributed by atoms with E-state index in [1.165, 1.54) is 29.5 Å². The molecule has 2 nitrogen and oxygen atoms in total. The van der Waals surface area contributed by atoms with Crippen LogP contribution in [0.3, 0.4) is 0 Å². The molecule has 1 aliphatic rings. The van der Waals surface area contributed by atoms with E-state index in [2.05, 4.69) is 54.7 Å².